The molecule has 0 spiro atoms. The predicted molar refractivity (Wildman–Crippen MR) is 105 cm³/mol. The summed E-state index contributed by atoms with van der Waals surface area (Å²) in [6.45, 7) is 4.37. The number of nitrogens with zero attached hydrogens (tertiary/aromatic N) is 2. The van der Waals surface area contributed by atoms with Gasteiger partial charge in [-0.1, -0.05) is 19.1 Å². The normalized spacial score (nSPS) is 28.3. The minimum absolute atomic E-state index is 0.00600. The average molecular weight is 384 g/mol. The summed E-state index contributed by atoms with van der Waals surface area (Å²) in [5.41, 5.74) is 0. The third-order valence-corrected chi connectivity index (χ3v) is 5.93. The highest BCUT2D eigenvalue weighted by Crippen LogP contribution is 2.52. The van der Waals surface area contributed by atoms with Crippen molar-refractivity contribution in [2.75, 3.05) is 26.2 Å². The number of hydrogen-bond acceptors (Lipinski definition) is 4. The van der Waals surface area contributed by atoms with Crippen molar-refractivity contribution in [3.63, 3.8) is 0 Å². The summed E-state index contributed by atoms with van der Waals surface area (Å²) in [5.74, 6) is 1.91. The highest BCUT2D eigenvalue weighted by molar-refractivity contribution is 6.06. The van der Waals surface area contributed by atoms with E-state index in [-0.39, 0.29) is 35.5 Å². The van der Waals surface area contributed by atoms with Crippen molar-refractivity contribution in [1.82, 2.24) is 15.5 Å². The lowest BCUT2D eigenvalue weighted by molar-refractivity contribution is -0.140. The number of hydrogen-bond donors (Lipinski definition) is 2. The van der Waals surface area contributed by atoms with Crippen LogP contribution in [0.3, 0.4) is 0 Å². The molecule has 1 saturated carbocycles. The topological polar surface area (TPSA) is 86.9 Å². The van der Waals surface area contributed by atoms with Gasteiger partial charge in [-0.15, -0.1) is 0 Å². The Morgan fingerprint density at radius 1 is 1.18 bits per heavy atom. The molecule has 28 heavy (non-hydrogen) atoms. The first kappa shape index (κ1) is 18.8. The highest BCUT2D eigenvalue weighted by atomic mass is 16.3. The number of imide groups is 1. The minimum atomic E-state index is -0.123. The molecule has 2 aliphatic carbocycles. The van der Waals surface area contributed by atoms with Gasteiger partial charge >= 0.3 is 0 Å². The maximum Gasteiger partial charge on any atom is 0.233 e. The third kappa shape index (κ3) is 3.57. The Bertz CT molecular complexity index is 741. The first-order chi connectivity index (χ1) is 13.7. The van der Waals surface area contributed by atoms with Gasteiger partial charge in [-0.3, -0.25) is 19.5 Å². The van der Waals surface area contributed by atoms with Crippen molar-refractivity contribution < 1.29 is 14.0 Å². The van der Waals surface area contributed by atoms with Crippen LogP contribution in [0.15, 0.2) is 40.0 Å². The van der Waals surface area contributed by atoms with Gasteiger partial charge in [-0.05, 0) is 36.8 Å². The number of allylic oxidation sites excluding steroid dienone is 2. The zero-order valence-electron chi connectivity index (χ0n) is 16.3. The summed E-state index contributed by atoms with van der Waals surface area (Å²) in [4.78, 5) is 31.4. The van der Waals surface area contributed by atoms with Gasteiger partial charge in [0.2, 0.25) is 11.8 Å². The molecule has 1 saturated heterocycles. The maximum absolute atomic E-state index is 12.7. The Kier molecular flexibility index (Phi) is 5.50. The van der Waals surface area contributed by atoms with Crippen LogP contribution in [-0.2, 0) is 16.0 Å². The van der Waals surface area contributed by atoms with Crippen LogP contribution in [0, 0.1) is 23.7 Å². The Balaban J connectivity index is 1.27. The van der Waals surface area contributed by atoms with Crippen molar-refractivity contribution in [3.05, 3.63) is 36.3 Å². The predicted octanol–water partition coefficient (Wildman–Crippen LogP) is 1.57. The molecular weight excluding hydrogens is 356 g/mol. The van der Waals surface area contributed by atoms with E-state index in [4.69, 9.17) is 4.42 Å². The van der Waals surface area contributed by atoms with Crippen LogP contribution in [0.1, 0.15) is 25.5 Å². The van der Waals surface area contributed by atoms with Crippen LogP contribution >= 0.6 is 0 Å². The van der Waals surface area contributed by atoms with Crippen LogP contribution in [0.5, 0.6) is 0 Å². The van der Waals surface area contributed by atoms with Gasteiger partial charge in [0.15, 0.2) is 5.96 Å². The van der Waals surface area contributed by atoms with E-state index >= 15 is 0 Å². The van der Waals surface area contributed by atoms with Crippen LogP contribution < -0.4 is 10.6 Å². The largest absolute Gasteiger partial charge is 0.469 e. The molecule has 1 aromatic heterocycles. The van der Waals surface area contributed by atoms with E-state index < -0.39 is 0 Å². The fraction of sp³-hybridized carbons (Fsp3) is 0.571. The molecule has 0 radical (unpaired) electrons. The Morgan fingerprint density at radius 3 is 2.54 bits per heavy atom. The molecule has 2 heterocycles. The zero-order chi connectivity index (χ0) is 19.5. The van der Waals surface area contributed by atoms with E-state index in [1.807, 2.05) is 12.1 Å². The smallest absolute Gasteiger partial charge is 0.233 e. The van der Waals surface area contributed by atoms with Crippen LogP contribution in [0.4, 0.5) is 0 Å². The number of fused-ring (bicyclic) bond motifs is 5. The Hall–Kier alpha value is -2.57. The molecule has 150 valence electrons. The summed E-state index contributed by atoms with van der Waals surface area (Å²) in [6, 6.07) is 3.82. The third-order valence-electron chi connectivity index (χ3n) is 5.93. The van der Waals surface area contributed by atoms with Gasteiger partial charge < -0.3 is 15.1 Å². The molecule has 4 rings (SSSR count). The number of aliphatic imine (C=N–C) groups is 1. The van der Waals surface area contributed by atoms with E-state index in [9.17, 15) is 9.59 Å². The molecular formula is C21H28N4O3. The second kappa shape index (κ2) is 8.20. The summed E-state index contributed by atoms with van der Waals surface area (Å²) in [7, 11) is 0. The fourth-order valence-electron chi connectivity index (χ4n) is 4.63. The Labute approximate surface area is 165 Å². The van der Waals surface area contributed by atoms with Crippen LogP contribution in [-0.4, -0.2) is 48.9 Å². The molecule has 7 nitrogen and oxygen atoms in total. The maximum atomic E-state index is 12.7. The first-order valence-electron chi connectivity index (χ1n) is 10.3. The SMILES string of the molecule is CCCN=C(NCCc1ccco1)NCCN1C(=O)C2C3C=CC(C3)C2C1=O. The number of carbonyl (C=O) groups excluding carboxylic acids is 2. The van der Waals surface area contributed by atoms with Crippen LogP contribution in [0.25, 0.3) is 0 Å². The van der Waals surface area contributed by atoms with Gasteiger partial charge in [-0.2, -0.15) is 0 Å². The molecule has 1 aliphatic heterocycles. The standard InChI is InChI=1S/C21H28N4O3/c1-2-8-22-21(23-9-7-16-4-3-12-28-16)24-10-11-25-19(26)17-14-5-6-15(13-14)18(17)20(25)27/h3-6,12,14-15,17-18H,2,7-11,13H2,1H3,(H2,22,23,24). The molecule has 2 bridgehead atoms. The quantitative estimate of drug-likeness (QED) is 0.308. The highest BCUT2D eigenvalue weighted by Gasteiger charge is 2.58. The van der Waals surface area contributed by atoms with E-state index in [0.29, 0.717) is 25.6 Å². The van der Waals surface area contributed by atoms with Crippen molar-refractivity contribution in [2.24, 2.45) is 28.7 Å². The monoisotopic (exact) mass is 384 g/mol. The number of nitrogens with one attached hydrogen (secondary N) is 2. The molecule has 2 amide bonds. The summed E-state index contributed by atoms with van der Waals surface area (Å²) in [5, 5.41) is 6.54. The minimum Gasteiger partial charge on any atom is -0.469 e. The molecule has 7 heteroatoms. The Morgan fingerprint density at radius 2 is 1.89 bits per heavy atom. The van der Waals surface area contributed by atoms with Crippen molar-refractivity contribution >= 4 is 17.8 Å². The van der Waals surface area contributed by atoms with E-state index in [1.165, 1.54) is 4.90 Å². The average Bonchev–Trinajstić information content (AvgIpc) is 3.47. The van der Waals surface area contributed by atoms with Gasteiger partial charge in [0.05, 0.1) is 18.1 Å². The summed E-state index contributed by atoms with van der Waals surface area (Å²) >= 11 is 0. The van der Waals surface area contributed by atoms with Gasteiger partial charge in [0.25, 0.3) is 0 Å². The second-order valence-corrected chi connectivity index (χ2v) is 7.74. The van der Waals surface area contributed by atoms with Crippen molar-refractivity contribution in [3.8, 4) is 0 Å². The number of amides is 2. The number of rotatable bonds is 8. The molecule has 4 unspecified atom stereocenters. The van der Waals surface area contributed by atoms with Gasteiger partial charge in [0.1, 0.15) is 5.76 Å². The molecule has 3 aliphatic rings. The lowest BCUT2D eigenvalue weighted by Gasteiger charge is -2.18. The number of furan rings is 1. The second-order valence-electron chi connectivity index (χ2n) is 7.74. The molecule has 2 fully saturated rings. The van der Waals surface area contributed by atoms with Gasteiger partial charge in [-0.25, -0.2) is 0 Å². The fourth-order valence-corrected chi connectivity index (χ4v) is 4.63. The lowest BCUT2D eigenvalue weighted by Crippen LogP contribution is -2.44. The number of carbonyl (C=O) groups is 2. The summed E-state index contributed by atoms with van der Waals surface area (Å²) < 4.78 is 5.34. The molecule has 4 atom stereocenters. The van der Waals surface area contributed by atoms with Crippen molar-refractivity contribution in [2.45, 2.75) is 26.2 Å². The number of likely N-dealkylation sites (tertiary alicyclic amines) is 1. The van der Waals surface area contributed by atoms with E-state index in [0.717, 1.165) is 31.6 Å². The van der Waals surface area contributed by atoms with Gasteiger partial charge in [0, 0.05) is 32.6 Å². The zero-order valence-corrected chi connectivity index (χ0v) is 16.3. The van der Waals surface area contributed by atoms with Crippen LogP contribution in [0.2, 0.25) is 0 Å². The molecule has 2 N–H and O–H groups in total. The molecule has 1 aromatic rings. The number of guanidine groups is 1. The molecule has 0 aromatic carbocycles. The van der Waals surface area contributed by atoms with E-state index in [2.05, 4.69) is 34.7 Å². The van der Waals surface area contributed by atoms with Crippen molar-refractivity contribution in [1.29, 1.82) is 0 Å². The summed E-state index contributed by atoms with van der Waals surface area (Å²) in [6.07, 6.45) is 8.59. The lowest BCUT2D eigenvalue weighted by atomic mass is 9.85. The first-order valence-corrected chi connectivity index (χ1v) is 10.3. The van der Waals surface area contributed by atoms with E-state index in [1.54, 1.807) is 6.26 Å².